The Hall–Kier alpha value is -0.810. The van der Waals surface area contributed by atoms with Gasteiger partial charge in [0.05, 0.1) is 10.7 Å². The first-order valence-corrected chi connectivity index (χ1v) is 8.05. The average molecular weight is 328 g/mol. The number of anilines is 1. The third-order valence-electron chi connectivity index (χ3n) is 4.32. The normalized spacial score (nSPS) is 25.0. The van der Waals surface area contributed by atoms with E-state index in [1.807, 2.05) is 0 Å². The van der Waals surface area contributed by atoms with E-state index < -0.39 is 0 Å². The molecule has 1 amide bonds. The van der Waals surface area contributed by atoms with E-state index >= 15 is 0 Å². The number of nitrogens with zero attached hydrogens (tertiary/aromatic N) is 1. The van der Waals surface area contributed by atoms with Crippen LogP contribution in [0.2, 0.25) is 10.0 Å². The van der Waals surface area contributed by atoms with Gasteiger partial charge >= 0.3 is 0 Å². The van der Waals surface area contributed by atoms with Crippen LogP contribution in [0.15, 0.2) is 18.2 Å². The van der Waals surface area contributed by atoms with Gasteiger partial charge in [-0.3, -0.25) is 4.79 Å². The Labute approximate surface area is 134 Å². The zero-order valence-electron chi connectivity index (χ0n) is 11.7. The molecule has 2 unspecified atom stereocenters. The minimum Gasteiger partial charge on any atom is -0.325 e. The average Bonchev–Trinajstić information content (AvgIpc) is 3.01. The minimum absolute atomic E-state index is 0.0191. The van der Waals surface area contributed by atoms with Crippen LogP contribution in [-0.2, 0) is 4.79 Å². The van der Waals surface area contributed by atoms with Crippen molar-refractivity contribution >= 4 is 34.8 Å². The van der Waals surface area contributed by atoms with E-state index in [2.05, 4.69) is 15.5 Å². The van der Waals surface area contributed by atoms with Crippen molar-refractivity contribution < 1.29 is 4.79 Å². The molecule has 0 aliphatic carbocycles. The molecule has 1 aromatic rings. The van der Waals surface area contributed by atoms with Gasteiger partial charge in [0.15, 0.2) is 0 Å². The number of carbonyl (C=O) groups is 1. The standard InChI is InChI=1S/C15H19Cl2N3O/c16-12-1-2-13(17)14(5-12)19-15(21)3-4-20-8-10-6-18-7-11(10)9-20/h1-2,5,10-11,18H,3-4,6-9H2,(H,19,21). The number of halogens is 2. The predicted octanol–water partition coefficient (Wildman–Crippen LogP) is 2.47. The fourth-order valence-corrected chi connectivity index (χ4v) is 3.54. The third-order valence-corrected chi connectivity index (χ3v) is 4.89. The highest BCUT2D eigenvalue weighted by Crippen LogP contribution is 2.27. The molecule has 2 atom stereocenters. The summed E-state index contributed by atoms with van der Waals surface area (Å²) in [7, 11) is 0. The van der Waals surface area contributed by atoms with Gasteiger partial charge < -0.3 is 15.5 Å². The highest BCUT2D eigenvalue weighted by atomic mass is 35.5. The SMILES string of the molecule is O=C(CCN1CC2CNCC2C1)Nc1cc(Cl)ccc1Cl. The number of hydrogen-bond acceptors (Lipinski definition) is 3. The van der Waals surface area contributed by atoms with E-state index in [4.69, 9.17) is 23.2 Å². The van der Waals surface area contributed by atoms with Gasteiger partial charge in [-0.15, -0.1) is 0 Å². The van der Waals surface area contributed by atoms with Gasteiger partial charge in [-0.05, 0) is 43.1 Å². The van der Waals surface area contributed by atoms with Crippen LogP contribution in [-0.4, -0.2) is 43.5 Å². The second kappa shape index (κ2) is 6.53. The van der Waals surface area contributed by atoms with Crippen molar-refractivity contribution in [1.29, 1.82) is 0 Å². The predicted molar refractivity (Wildman–Crippen MR) is 86.0 cm³/mol. The van der Waals surface area contributed by atoms with Crippen molar-refractivity contribution in [3.05, 3.63) is 28.2 Å². The molecular formula is C15H19Cl2N3O. The van der Waals surface area contributed by atoms with Gasteiger partial charge in [0, 0.05) is 31.1 Å². The maximum atomic E-state index is 12.0. The molecule has 2 heterocycles. The minimum atomic E-state index is -0.0191. The van der Waals surface area contributed by atoms with Crippen LogP contribution < -0.4 is 10.6 Å². The summed E-state index contributed by atoms with van der Waals surface area (Å²) in [5.41, 5.74) is 0.580. The smallest absolute Gasteiger partial charge is 0.225 e. The number of amides is 1. The van der Waals surface area contributed by atoms with Gasteiger partial charge in [0.2, 0.25) is 5.91 Å². The molecule has 2 saturated heterocycles. The Balaban J connectivity index is 1.47. The second-order valence-electron chi connectivity index (χ2n) is 5.86. The Morgan fingerprint density at radius 3 is 2.71 bits per heavy atom. The van der Waals surface area contributed by atoms with Gasteiger partial charge in [-0.2, -0.15) is 0 Å². The zero-order chi connectivity index (χ0) is 14.8. The van der Waals surface area contributed by atoms with E-state index in [1.54, 1.807) is 18.2 Å². The Morgan fingerprint density at radius 1 is 1.29 bits per heavy atom. The summed E-state index contributed by atoms with van der Waals surface area (Å²) >= 11 is 12.0. The molecule has 0 aromatic heterocycles. The van der Waals surface area contributed by atoms with E-state index in [1.165, 1.54) is 0 Å². The van der Waals surface area contributed by atoms with Crippen molar-refractivity contribution in [2.75, 3.05) is 38.0 Å². The lowest BCUT2D eigenvalue weighted by atomic mass is 10.0. The van der Waals surface area contributed by atoms with E-state index in [0.717, 1.165) is 44.6 Å². The molecule has 2 aliphatic rings. The maximum absolute atomic E-state index is 12.0. The molecule has 2 N–H and O–H groups in total. The number of nitrogens with one attached hydrogen (secondary N) is 2. The van der Waals surface area contributed by atoms with Crippen LogP contribution in [0, 0.1) is 11.8 Å². The van der Waals surface area contributed by atoms with Crippen molar-refractivity contribution in [3.8, 4) is 0 Å². The molecule has 114 valence electrons. The van der Waals surface area contributed by atoms with Crippen molar-refractivity contribution in [2.24, 2.45) is 11.8 Å². The first kappa shape index (κ1) is 15.1. The number of rotatable bonds is 4. The topological polar surface area (TPSA) is 44.4 Å². The van der Waals surface area contributed by atoms with Gasteiger partial charge in [-0.25, -0.2) is 0 Å². The summed E-state index contributed by atoms with van der Waals surface area (Å²) in [5.74, 6) is 1.50. The first-order chi connectivity index (χ1) is 10.1. The number of carbonyl (C=O) groups excluding carboxylic acids is 1. The lowest BCUT2D eigenvalue weighted by molar-refractivity contribution is -0.116. The van der Waals surface area contributed by atoms with Crippen LogP contribution >= 0.6 is 23.2 Å². The molecule has 0 spiro atoms. The largest absolute Gasteiger partial charge is 0.325 e. The van der Waals surface area contributed by atoms with Crippen LogP contribution in [0.5, 0.6) is 0 Å². The Bertz CT molecular complexity index is 526. The zero-order valence-corrected chi connectivity index (χ0v) is 13.3. The number of fused-ring (bicyclic) bond motifs is 1. The second-order valence-corrected chi connectivity index (χ2v) is 6.70. The molecule has 0 saturated carbocycles. The lowest BCUT2D eigenvalue weighted by Gasteiger charge is -2.16. The molecular weight excluding hydrogens is 309 g/mol. The summed E-state index contributed by atoms with van der Waals surface area (Å²) in [6.45, 7) is 5.24. The Morgan fingerprint density at radius 2 is 2.00 bits per heavy atom. The molecule has 1 aromatic carbocycles. The number of likely N-dealkylation sites (tertiary alicyclic amines) is 1. The fourth-order valence-electron chi connectivity index (χ4n) is 3.20. The molecule has 4 nitrogen and oxygen atoms in total. The van der Waals surface area contributed by atoms with Gasteiger partial charge in [-0.1, -0.05) is 23.2 Å². The lowest BCUT2D eigenvalue weighted by Crippen LogP contribution is -2.29. The molecule has 0 bridgehead atoms. The molecule has 2 aliphatic heterocycles. The van der Waals surface area contributed by atoms with Gasteiger partial charge in [0.25, 0.3) is 0 Å². The van der Waals surface area contributed by atoms with E-state index in [9.17, 15) is 4.79 Å². The summed E-state index contributed by atoms with van der Waals surface area (Å²) in [6.07, 6.45) is 0.482. The highest BCUT2D eigenvalue weighted by Gasteiger charge is 2.35. The first-order valence-electron chi connectivity index (χ1n) is 7.30. The van der Waals surface area contributed by atoms with Crippen LogP contribution in [0.25, 0.3) is 0 Å². The van der Waals surface area contributed by atoms with Crippen molar-refractivity contribution in [3.63, 3.8) is 0 Å². The monoisotopic (exact) mass is 327 g/mol. The quantitative estimate of drug-likeness (QED) is 0.892. The fraction of sp³-hybridized carbons (Fsp3) is 0.533. The van der Waals surface area contributed by atoms with Gasteiger partial charge in [0.1, 0.15) is 0 Å². The molecule has 6 heteroatoms. The summed E-state index contributed by atoms with van der Waals surface area (Å²) in [4.78, 5) is 14.4. The molecule has 3 rings (SSSR count). The maximum Gasteiger partial charge on any atom is 0.225 e. The third kappa shape index (κ3) is 3.69. The molecule has 0 radical (unpaired) electrons. The number of hydrogen-bond donors (Lipinski definition) is 2. The van der Waals surface area contributed by atoms with Crippen LogP contribution in [0.4, 0.5) is 5.69 Å². The Kier molecular flexibility index (Phi) is 4.69. The van der Waals surface area contributed by atoms with Crippen molar-refractivity contribution in [2.45, 2.75) is 6.42 Å². The molecule has 21 heavy (non-hydrogen) atoms. The highest BCUT2D eigenvalue weighted by molar-refractivity contribution is 6.35. The van der Waals surface area contributed by atoms with E-state index in [0.29, 0.717) is 22.2 Å². The molecule has 2 fully saturated rings. The summed E-state index contributed by atoms with van der Waals surface area (Å²) in [5, 5.41) is 7.33. The van der Waals surface area contributed by atoms with Crippen molar-refractivity contribution in [1.82, 2.24) is 10.2 Å². The van der Waals surface area contributed by atoms with E-state index in [-0.39, 0.29) is 5.91 Å². The van der Waals surface area contributed by atoms with Crippen LogP contribution in [0.3, 0.4) is 0 Å². The summed E-state index contributed by atoms with van der Waals surface area (Å²) in [6, 6.07) is 5.07. The van der Waals surface area contributed by atoms with Crippen LogP contribution in [0.1, 0.15) is 6.42 Å². The number of benzene rings is 1. The summed E-state index contributed by atoms with van der Waals surface area (Å²) < 4.78 is 0.